The van der Waals surface area contributed by atoms with Crippen LogP contribution in [-0.2, 0) is 7.05 Å². The molecule has 5 nitrogen and oxygen atoms in total. The molecule has 1 aliphatic rings. The molecule has 0 unspecified atom stereocenters. The molecule has 0 saturated heterocycles. The summed E-state index contributed by atoms with van der Waals surface area (Å²) < 4.78 is 15.1. The minimum Gasteiger partial charge on any atom is -0.341 e. The molecule has 0 atom stereocenters. The van der Waals surface area contributed by atoms with Gasteiger partial charge in [0.05, 0.1) is 0 Å². The summed E-state index contributed by atoms with van der Waals surface area (Å²) in [7, 11) is 5.99. The van der Waals surface area contributed by atoms with Gasteiger partial charge in [-0.25, -0.2) is 4.39 Å². The number of hydrogen-bond acceptors (Lipinski definition) is 4. The Labute approximate surface area is 136 Å². The van der Waals surface area contributed by atoms with Crippen LogP contribution in [0, 0.1) is 5.82 Å². The molecule has 1 aromatic carbocycles. The van der Waals surface area contributed by atoms with Gasteiger partial charge in [0.1, 0.15) is 5.82 Å². The number of anilines is 3. The van der Waals surface area contributed by atoms with Crippen molar-refractivity contribution in [2.75, 3.05) is 23.9 Å². The van der Waals surface area contributed by atoms with Crippen LogP contribution in [0.4, 0.5) is 22.0 Å². The molecule has 0 aliphatic heterocycles. The van der Waals surface area contributed by atoms with Gasteiger partial charge in [0, 0.05) is 32.9 Å². The van der Waals surface area contributed by atoms with Gasteiger partial charge in [-0.2, -0.15) is 0 Å². The quantitative estimate of drug-likeness (QED) is 0.865. The molecule has 0 amide bonds. The molecule has 1 saturated carbocycles. The lowest BCUT2D eigenvalue weighted by molar-refractivity contribution is 0.422. The Balaban J connectivity index is 1.82. The van der Waals surface area contributed by atoms with Crippen molar-refractivity contribution in [1.82, 2.24) is 14.8 Å². The number of nitrogens with zero attached hydrogens (tertiary/aromatic N) is 5. The zero-order valence-electron chi connectivity index (χ0n) is 14.0. The maximum Gasteiger partial charge on any atom is 0.232 e. The highest BCUT2D eigenvalue weighted by Crippen LogP contribution is 2.28. The summed E-state index contributed by atoms with van der Waals surface area (Å²) in [4.78, 5) is 4.17. The van der Waals surface area contributed by atoms with Gasteiger partial charge in [-0.05, 0) is 37.1 Å². The third-order valence-electron chi connectivity index (χ3n) is 4.78. The fraction of sp³-hybridized carbons (Fsp3) is 0.529. The van der Waals surface area contributed by atoms with Crippen molar-refractivity contribution in [3.63, 3.8) is 0 Å². The lowest BCUT2D eigenvalue weighted by Crippen LogP contribution is -2.35. The number of halogens is 1. The SMILES string of the molecule is CN(c1ccc(F)cc1)c1nnc(N(C)C2CCCCC2)n1C. The number of hydrogen-bond donors (Lipinski definition) is 0. The maximum atomic E-state index is 13.1. The summed E-state index contributed by atoms with van der Waals surface area (Å²) in [6, 6.07) is 6.94. The third-order valence-corrected chi connectivity index (χ3v) is 4.78. The van der Waals surface area contributed by atoms with Crippen LogP contribution in [0.15, 0.2) is 24.3 Å². The summed E-state index contributed by atoms with van der Waals surface area (Å²) in [5, 5.41) is 8.71. The van der Waals surface area contributed by atoms with Crippen LogP contribution in [0.25, 0.3) is 0 Å². The second kappa shape index (κ2) is 6.56. The van der Waals surface area contributed by atoms with Crippen LogP contribution in [0.3, 0.4) is 0 Å². The molecule has 0 N–H and O–H groups in total. The monoisotopic (exact) mass is 317 g/mol. The zero-order chi connectivity index (χ0) is 16.4. The molecule has 2 aromatic rings. The molecule has 0 spiro atoms. The largest absolute Gasteiger partial charge is 0.341 e. The predicted molar refractivity (Wildman–Crippen MR) is 90.7 cm³/mol. The molecule has 3 rings (SSSR count). The Morgan fingerprint density at radius 1 is 1.00 bits per heavy atom. The summed E-state index contributed by atoms with van der Waals surface area (Å²) in [6.07, 6.45) is 6.34. The predicted octanol–water partition coefficient (Wildman–Crippen LogP) is 3.49. The summed E-state index contributed by atoms with van der Waals surface area (Å²) in [6.45, 7) is 0. The molecular formula is C17H24FN5. The normalized spacial score (nSPS) is 15.7. The van der Waals surface area contributed by atoms with Gasteiger partial charge >= 0.3 is 0 Å². The van der Waals surface area contributed by atoms with Crippen LogP contribution < -0.4 is 9.80 Å². The van der Waals surface area contributed by atoms with Crippen molar-refractivity contribution in [1.29, 1.82) is 0 Å². The Kier molecular flexibility index (Phi) is 4.50. The van der Waals surface area contributed by atoms with Gasteiger partial charge in [-0.3, -0.25) is 4.57 Å². The smallest absolute Gasteiger partial charge is 0.232 e. The van der Waals surface area contributed by atoms with E-state index in [0.717, 1.165) is 17.6 Å². The lowest BCUT2D eigenvalue weighted by Gasteiger charge is -2.31. The fourth-order valence-corrected chi connectivity index (χ4v) is 3.32. The first-order chi connectivity index (χ1) is 11.1. The third kappa shape index (κ3) is 3.16. The van der Waals surface area contributed by atoms with E-state index in [9.17, 15) is 4.39 Å². The summed E-state index contributed by atoms with van der Waals surface area (Å²) in [5.74, 6) is 1.38. The highest BCUT2D eigenvalue weighted by atomic mass is 19.1. The minimum absolute atomic E-state index is 0.238. The Morgan fingerprint density at radius 3 is 2.26 bits per heavy atom. The second-order valence-electron chi connectivity index (χ2n) is 6.30. The number of benzene rings is 1. The van der Waals surface area contributed by atoms with Crippen LogP contribution in [0.5, 0.6) is 0 Å². The van der Waals surface area contributed by atoms with Gasteiger partial charge < -0.3 is 9.80 Å². The van der Waals surface area contributed by atoms with E-state index in [-0.39, 0.29) is 5.82 Å². The summed E-state index contributed by atoms with van der Waals surface area (Å²) >= 11 is 0. The van der Waals surface area contributed by atoms with E-state index in [4.69, 9.17) is 0 Å². The highest BCUT2D eigenvalue weighted by molar-refractivity contribution is 5.57. The van der Waals surface area contributed by atoms with Crippen molar-refractivity contribution in [3.05, 3.63) is 30.1 Å². The lowest BCUT2D eigenvalue weighted by atomic mass is 9.95. The van der Waals surface area contributed by atoms with E-state index in [1.165, 1.54) is 44.2 Å². The number of rotatable bonds is 4. The zero-order valence-corrected chi connectivity index (χ0v) is 14.0. The van der Waals surface area contributed by atoms with Gasteiger partial charge in [0.15, 0.2) is 0 Å². The Morgan fingerprint density at radius 2 is 1.61 bits per heavy atom. The van der Waals surface area contributed by atoms with Crippen molar-refractivity contribution in [2.24, 2.45) is 7.05 Å². The molecule has 0 radical (unpaired) electrons. The first kappa shape index (κ1) is 15.8. The van der Waals surface area contributed by atoms with Crippen LogP contribution >= 0.6 is 0 Å². The van der Waals surface area contributed by atoms with Gasteiger partial charge in [0.25, 0.3) is 0 Å². The van der Waals surface area contributed by atoms with Crippen molar-refractivity contribution in [3.8, 4) is 0 Å². The average Bonchev–Trinajstić information content (AvgIpc) is 2.96. The standard InChI is InChI=1S/C17H24FN5/c1-21(14-7-5-4-6-8-14)16-19-20-17(23(16)3)22(2)15-11-9-13(18)10-12-15/h9-12,14H,4-8H2,1-3H3. The second-order valence-corrected chi connectivity index (χ2v) is 6.30. The highest BCUT2D eigenvalue weighted by Gasteiger charge is 2.23. The molecular weight excluding hydrogens is 293 g/mol. The maximum absolute atomic E-state index is 13.1. The molecule has 1 fully saturated rings. The molecule has 1 aromatic heterocycles. The van der Waals surface area contributed by atoms with E-state index in [2.05, 4.69) is 22.1 Å². The Bertz CT molecular complexity index is 646. The van der Waals surface area contributed by atoms with E-state index < -0.39 is 0 Å². The first-order valence-electron chi connectivity index (χ1n) is 8.19. The van der Waals surface area contributed by atoms with Crippen molar-refractivity contribution >= 4 is 17.6 Å². The topological polar surface area (TPSA) is 37.2 Å². The van der Waals surface area contributed by atoms with Gasteiger partial charge in [0.2, 0.25) is 11.9 Å². The molecule has 124 valence electrons. The van der Waals surface area contributed by atoms with E-state index in [0.29, 0.717) is 6.04 Å². The molecule has 23 heavy (non-hydrogen) atoms. The molecule has 0 bridgehead atoms. The molecule has 6 heteroatoms. The summed E-state index contributed by atoms with van der Waals surface area (Å²) in [5.41, 5.74) is 0.883. The van der Waals surface area contributed by atoms with Crippen molar-refractivity contribution < 1.29 is 4.39 Å². The van der Waals surface area contributed by atoms with E-state index in [1.807, 2.05) is 23.6 Å². The van der Waals surface area contributed by atoms with E-state index >= 15 is 0 Å². The minimum atomic E-state index is -0.238. The fourth-order valence-electron chi connectivity index (χ4n) is 3.32. The average molecular weight is 317 g/mol. The van der Waals surface area contributed by atoms with Crippen LogP contribution in [-0.4, -0.2) is 34.9 Å². The number of aromatic nitrogens is 3. The Hall–Kier alpha value is -2.11. The molecule has 1 aliphatic carbocycles. The van der Waals surface area contributed by atoms with Gasteiger partial charge in [-0.15, -0.1) is 10.2 Å². The first-order valence-corrected chi connectivity index (χ1v) is 8.19. The van der Waals surface area contributed by atoms with Gasteiger partial charge in [-0.1, -0.05) is 19.3 Å². The van der Waals surface area contributed by atoms with Crippen molar-refractivity contribution in [2.45, 2.75) is 38.1 Å². The molecule has 1 heterocycles. The van der Waals surface area contributed by atoms with Crippen LogP contribution in [0.2, 0.25) is 0 Å². The van der Waals surface area contributed by atoms with E-state index in [1.54, 1.807) is 12.1 Å². The van der Waals surface area contributed by atoms with Crippen LogP contribution in [0.1, 0.15) is 32.1 Å².